The van der Waals surface area contributed by atoms with Gasteiger partial charge in [-0.1, -0.05) is 33.6 Å². The highest BCUT2D eigenvalue weighted by Crippen LogP contribution is 2.25. The second-order valence-electron chi connectivity index (χ2n) is 5.25. The summed E-state index contributed by atoms with van der Waals surface area (Å²) in [5, 5.41) is 3.27. The zero-order valence-corrected chi connectivity index (χ0v) is 16.2. The smallest absolute Gasteiger partial charge is 0.257 e. The van der Waals surface area contributed by atoms with Crippen LogP contribution in [0, 0.1) is 0 Å². The fraction of sp³-hybridized carbons (Fsp3) is 0.0526. The predicted molar refractivity (Wildman–Crippen MR) is 107 cm³/mol. The molecule has 1 amide bonds. The summed E-state index contributed by atoms with van der Waals surface area (Å²) in [6.07, 6.45) is 3.63. The summed E-state index contributed by atoms with van der Waals surface area (Å²) in [6, 6.07) is 16.9. The molecular weight excluding hydrogens is 420 g/mol. The van der Waals surface area contributed by atoms with E-state index in [-0.39, 0.29) is 5.91 Å². The Balaban J connectivity index is 1.61. The first-order valence-electron chi connectivity index (χ1n) is 7.50. The minimum absolute atomic E-state index is 0.228. The van der Waals surface area contributed by atoms with E-state index < -0.39 is 0 Å². The first-order chi connectivity index (χ1) is 12.1. The molecule has 0 aliphatic carbocycles. The topological polar surface area (TPSA) is 42.0 Å². The van der Waals surface area contributed by atoms with Crippen LogP contribution in [0.2, 0.25) is 5.02 Å². The lowest BCUT2D eigenvalue weighted by Crippen LogP contribution is -2.12. The second-order valence-corrected chi connectivity index (χ2v) is 7.62. The summed E-state index contributed by atoms with van der Waals surface area (Å²) >= 11 is 11.2. The molecule has 2 aromatic carbocycles. The van der Waals surface area contributed by atoms with E-state index in [1.165, 1.54) is 5.56 Å². The molecule has 25 heavy (non-hydrogen) atoms. The highest BCUT2D eigenvalue weighted by atomic mass is 79.9. The quantitative estimate of drug-likeness (QED) is 0.499. The molecule has 3 aromatic rings. The molecule has 0 aliphatic rings. The van der Waals surface area contributed by atoms with E-state index in [9.17, 15) is 4.79 Å². The maximum Gasteiger partial charge on any atom is 0.257 e. The molecule has 0 aliphatic heterocycles. The van der Waals surface area contributed by atoms with E-state index in [0.717, 1.165) is 20.8 Å². The number of carbonyl (C=O) groups excluding carboxylic acids is 1. The van der Waals surface area contributed by atoms with E-state index in [0.29, 0.717) is 10.6 Å². The lowest BCUT2D eigenvalue weighted by Gasteiger charge is -2.08. The van der Waals surface area contributed by atoms with Gasteiger partial charge in [0.15, 0.2) is 0 Å². The molecule has 6 heteroatoms. The Kier molecular flexibility index (Phi) is 6.13. The Labute approximate surface area is 164 Å². The van der Waals surface area contributed by atoms with Crippen molar-refractivity contribution in [3.63, 3.8) is 0 Å². The van der Waals surface area contributed by atoms with Gasteiger partial charge in [-0.25, -0.2) is 0 Å². The first kappa shape index (κ1) is 18.0. The minimum atomic E-state index is -0.228. The number of anilines is 1. The molecule has 126 valence electrons. The number of benzene rings is 2. The molecule has 1 aromatic heterocycles. The van der Waals surface area contributed by atoms with Gasteiger partial charge in [0.05, 0.1) is 10.6 Å². The van der Waals surface area contributed by atoms with Crippen molar-refractivity contribution in [3.05, 3.63) is 87.6 Å². The van der Waals surface area contributed by atoms with Gasteiger partial charge in [0.25, 0.3) is 5.91 Å². The van der Waals surface area contributed by atoms with Crippen LogP contribution in [0.4, 0.5) is 5.69 Å². The van der Waals surface area contributed by atoms with Crippen molar-refractivity contribution in [1.82, 2.24) is 4.98 Å². The van der Waals surface area contributed by atoms with Crippen molar-refractivity contribution in [1.29, 1.82) is 0 Å². The number of halogens is 2. The molecule has 0 saturated heterocycles. The van der Waals surface area contributed by atoms with Gasteiger partial charge in [0, 0.05) is 33.2 Å². The summed E-state index contributed by atoms with van der Waals surface area (Å²) in [6.45, 7) is 0. The van der Waals surface area contributed by atoms with Gasteiger partial charge in [-0.15, -0.1) is 11.8 Å². The van der Waals surface area contributed by atoms with Crippen molar-refractivity contribution in [2.24, 2.45) is 0 Å². The van der Waals surface area contributed by atoms with Crippen LogP contribution in [0.15, 0.2) is 76.4 Å². The number of hydrogen-bond acceptors (Lipinski definition) is 3. The summed E-state index contributed by atoms with van der Waals surface area (Å²) in [7, 11) is 0. The SMILES string of the molecule is O=C(Nc1ccc(SCc2cccnc2)cc1)c1ccc(Br)cc1Cl. The molecule has 1 N–H and O–H groups in total. The monoisotopic (exact) mass is 432 g/mol. The van der Waals surface area contributed by atoms with Crippen LogP contribution < -0.4 is 5.32 Å². The van der Waals surface area contributed by atoms with Gasteiger partial charge in [0.1, 0.15) is 0 Å². The number of thioether (sulfide) groups is 1. The average Bonchev–Trinajstić information content (AvgIpc) is 2.62. The van der Waals surface area contributed by atoms with Crippen LogP contribution in [0.3, 0.4) is 0 Å². The predicted octanol–water partition coefficient (Wildman–Crippen LogP) is 6.04. The lowest BCUT2D eigenvalue weighted by atomic mass is 10.2. The summed E-state index contributed by atoms with van der Waals surface area (Å²) in [5.74, 6) is 0.627. The molecule has 1 heterocycles. The number of aromatic nitrogens is 1. The van der Waals surface area contributed by atoms with E-state index in [4.69, 9.17) is 11.6 Å². The normalized spacial score (nSPS) is 10.5. The van der Waals surface area contributed by atoms with Crippen LogP contribution in [-0.2, 0) is 5.75 Å². The first-order valence-corrected chi connectivity index (χ1v) is 9.65. The molecule has 0 bridgehead atoms. The zero-order chi connectivity index (χ0) is 17.6. The zero-order valence-electron chi connectivity index (χ0n) is 13.1. The summed E-state index contributed by atoms with van der Waals surface area (Å²) in [4.78, 5) is 17.6. The van der Waals surface area contributed by atoms with Gasteiger partial charge in [-0.05, 0) is 54.1 Å². The highest BCUT2D eigenvalue weighted by Gasteiger charge is 2.11. The molecule has 3 rings (SSSR count). The van der Waals surface area contributed by atoms with Crippen molar-refractivity contribution in [2.75, 3.05) is 5.32 Å². The van der Waals surface area contributed by atoms with Gasteiger partial charge in [0.2, 0.25) is 0 Å². The number of carbonyl (C=O) groups is 1. The molecule has 0 radical (unpaired) electrons. The van der Waals surface area contributed by atoms with Gasteiger partial charge >= 0.3 is 0 Å². The third kappa shape index (κ3) is 5.08. The van der Waals surface area contributed by atoms with Crippen LogP contribution >= 0.6 is 39.3 Å². The summed E-state index contributed by atoms with van der Waals surface area (Å²) < 4.78 is 0.837. The number of nitrogens with one attached hydrogen (secondary N) is 1. The third-order valence-electron chi connectivity index (χ3n) is 3.42. The number of amides is 1. The Bertz CT molecular complexity index is 872. The van der Waals surface area contributed by atoms with Crippen molar-refractivity contribution < 1.29 is 4.79 Å². The fourth-order valence-corrected chi connectivity index (χ4v) is 3.75. The lowest BCUT2D eigenvalue weighted by molar-refractivity contribution is 0.102. The van der Waals surface area contributed by atoms with E-state index in [1.54, 1.807) is 36.2 Å². The van der Waals surface area contributed by atoms with Gasteiger partial charge in [-0.2, -0.15) is 0 Å². The molecule has 0 unspecified atom stereocenters. The van der Waals surface area contributed by atoms with Crippen LogP contribution in [0.1, 0.15) is 15.9 Å². The van der Waals surface area contributed by atoms with Gasteiger partial charge in [-0.3, -0.25) is 9.78 Å². The maximum absolute atomic E-state index is 12.3. The Morgan fingerprint density at radius 1 is 1.16 bits per heavy atom. The highest BCUT2D eigenvalue weighted by molar-refractivity contribution is 9.10. The van der Waals surface area contributed by atoms with E-state index in [1.807, 2.05) is 36.5 Å². The van der Waals surface area contributed by atoms with Crippen LogP contribution in [0.5, 0.6) is 0 Å². The number of hydrogen-bond donors (Lipinski definition) is 1. The van der Waals surface area contributed by atoms with E-state index in [2.05, 4.69) is 32.3 Å². The van der Waals surface area contributed by atoms with Crippen LogP contribution in [-0.4, -0.2) is 10.9 Å². The Morgan fingerprint density at radius 2 is 1.96 bits per heavy atom. The summed E-state index contributed by atoms with van der Waals surface area (Å²) in [5.41, 5.74) is 2.35. The molecule has 0 atom stereocenters. The standard InChI is InChI=1S/C19H14BrClN2OS/c20-14-3-8-17(18(21)10-14)19(24)23-15-4-6-16(7-5-15)25-12-13-2-1-9-22-11-13/h1-11H,12H2,(H,23,24). The van der Waals surface area contributed by atoms with Crippen molar-refractivity contribution in [2.45, 2.75) is 10.6 Å². The van der Waals surface area contributed by atoms with E-state index >= 15 is 0 Å². The Hall–Kier alpha value is -1.82. The second kappa shape index (κ2) is 8.52. The molecular formula is C19H14BrClN2OS. The number of nitrogens with zero attached hydrogens (tertiary/aromatic N) is 1. The minimum Gasteiger partial charge on any atom is -0.322 e. The third-order valence-corrected chi connectivity index (χ3v) is 5.31. The number of pyridine rings is 1. The molecule has 0 saturated carbocycles. The number of rotatable bonds is 5. The Morgan fingerprint density at radius 3 is 2.64 bits per heavy atom. The maximum atomic E-state index is 12.3. The van der Waals surface area contributed by atoms with Crippen molar-refractivity contribution in [3.8, 4) is 0 Å². The molecule has 0 spiro atoms. The van der Waals surface area contributed by atoms with Gasteiger partial charge < -0.3 is 5.32 Å². The molecule has 3 nitrogen and oxygen atoms in total. The molecule has 0 fully saturated rings. The average molecular weight is 434 g/mol. The van der Waals surface area contributed by atoms with Crippen molar-refractivity contribution >= 4 is 50.9 Å². The largest absolute Gasteiger partial charge is 0.322 e. The fourth-order valence-electron chi connectivity index (χ4n) is 2.16. The van der Waals surface area contributed by atoms with Crippen LogP contribution in [0.25, 0.3) is 0 Å².